The average Bonchev–Trinajstić information content (AvgIpc) is 3.57. The lowest BCUT2D eigenvalue weighted by atomic mass is 9.91. The maximum absolute atomic E-state index is 11.3. The van der Waals surface area contributed by atoms with Gasteiger partial charge in [-0.15, -0.1) is 0 Å². The summed E-state index contributed by atoms with van der Waals surface area (Å²) in [5.41, 5.74) is 3.75. The highest BCUT2D eigenvalue weighted by molar-refractivity contribution is 7.80. The predicted molar refractivity (Wildman–Crippen MR) is 166 cm³/mol. The van der Waals surface area contributed by atoms with E-state index in [1.54, 1.807) is 30.5 Å². The molecule has 2 N–H and O–H groups in total. The fourth-order valence-corrected chi connectivity index (χ4v) is 6.77. The van der Waals surface area contributed by atoms with E-state index in [0.717, 1.165) is 35.7 Å². The zero-order chi connectivity index (χ0) is 28.7. The number of rotatable bonds is 6. The maximum Gasteiger partial charge on any atom is 0.335 e. The van der Waals surface area contributed by atoms with Crippen LogP contribution in [0.2, 0.25) is 5.02 Å². The Bertz CT molecular complexity index is 1570. The second kappa shape index (κ2) is 11.2. The van der Waals surface area contributed by atoms with Crippen LogP contribution in [-0.4, -0.2) is 34.3 Å². The van der Waals surface area contributed by atoms with Crippen molar-refractivity contribution in [1.29, 1.82) is 0 Å². The Hall–Kier alpha value is -3.88. The van der Waals surface area contributed by atoms with Crippen molar-refractivity contribution in [2.75, 3.05) is 22.9 Å². The molecule has 41 heavy (non-hydrogen) atoms. The summed E-state index contributed by atoms with van der Waals surface area (Å²) in [4.78, 5) is 20.3. The topological polar surface area (TPSA) is 81.8 Å². The molecule has 9 heteroatoms. The minimum absolute atomic E-state index is 0.223. The number of nitrogens with one attached hydrogen (secondary N) is 1. The molecule has 0 spiro atoms. The summed E-state index contributed by atoms with van der Waals surface area (Å²) >= 11 is 12.8. The number of anilines is 2. The minimum atomic E-state index is -0.968. The van der Waals surface area contributed by atoms with Gasteiger partial charge >= 0.3 is 5.97 Å². The van der Waals surface area contributed by atoms with Crippen molar-refractivity contribution in [3.05, 3.63) is 101 Å². The van der Waals surface area contributed by atoms with Crippen LogP contribution in [0.15, 0.2) is 83.4 Å². The molecule has 0 aliphatic carbocycles. The van der Waals surface area contributed by atoms with Crippen LogP contribution in [-0.2, 0) is 0 Å². The van der Waals surface area contributed by atoms with Gasteiger partial charge in [0.1, 0.15) is 17.6 Å². The van der Waals surface area contributed by atoms with Gasteiger partial charge in [0.05, 0.1) is 28.0 Å². The average molecular weight is 587 g/mol. The fraction of sp³-hybridized carbons (Fsp3) is 0.281. The number of thiocarbonyl (C=S) groups is 1. The van der Waals surface area contributed by atoms with Crippen molar-refractivity contribution in [3.8, 4) is 11.3 Å². The number of pyridine rings is 1. The van der Waals surface area contributed by atoms with Gasteiger partial charge in [-0.3, -0.25) is 4.98 Å². The highest BCUT2D eigenvalue weighted by Crippen LogP contribution is 2.44. The first-order valence-corrected chi connectivity index (χ1v) is 14.6. The van der Waals surface area contributed by atoms with Gasteiger partial charge in [0, 0.05) is 30.5 Å². The van der Waals surface area contributed by atoms with E-state index < -0.39 is 5.97 Å². The van der Waals surface area contributed by atoms with Gasteiger partial charge in [-0.05, 0) is 85.1 Å². The highest BCUT2D eigenvalue weighted by Gasteiger charge is 2.43. The third kappa shape index (κ3) is 5.42. The van der Waals surface area contributed by atoms with E-state index in [1.807, 2.05) is 41.3 Å². The zero-order valence-corrected chi connectivity index (χ0v) is 24.4. The number of halogens is 1. The molecule has 0 bridgehead atoms. The molecule has 2 fully saturated rings. The van der Waals surface area contributed by atoms with Crippen LogP contribution in [0.1, 0.15) is 54.2 Å². The molecular weight excluding hydrogens is 556 g/mol. The Balaban J connectivity index is 1.37. The van der Waals surface area contributed by atoms with Gasteiger partial charge in [0.15, 0.2) is 5.11 Å². The number of hydrogen-bond donors (Lipinski definition) is 2. The number of benzene rings is 2. The molecule has 2 aromatic heterocycles. The highest BCUT2D eigenvalue weighted by atomic mass is 35.5. The van der Waals surface area contributed by atoms with Gasteiger partial charge < -0.3 is 24.6 Å². The van der Waals surface area contributed by atoms with Gasteiger partial charge in [0.25, 0.3) is 0 Å². The number of piperidine rings is 1. The van der Waals surface area contributed by atoms with Crippen molar-refractivity contribution < 1.29 is 14.3 Å². The molecule has 0 unspecified atom stereocenters. The van der Waals surface area contributed by atoms with Crippen LogP contribution in [0, 0.1) is 11.8 Å². The molecule has 4 atom stereocenters. The largest absolute Gasteiger partial charge is 0.478 e. The molecule has 210 valence electrons. The summed E-state index contributed by atoms with van der Waals surface area (Å²) in [7, 11) is 0. The van der Waals surface area contributed by atoms with E-state index in [9.17, 15) is 9.90 Å². The molecule has 0 amide bonds. The monoisotopic (exact) mass is 586 g/mol. The first-order chi connectivity index (χ1) is 19.8. The van der Waals surface area contributed by atoms with Crippen LogP contribution in [0.5, 0.6) is 0 Å². The molecule has 2 aliphatic heterocycles. The molecule has 0 radical (unpaired) electrons. The predicted octanol–water partition coefficient (Wildman–Crippen LogP) is 7.35. The van der Waals surface area contributed by atoms with Crippen molar-refractivity contribution in [2.24, 2.45) is 11.8 Å². The Kier molecular flexibility index (Phi) is 7.45. The van der Waals surface area contributed by atoms with Crippen LogP contribution < -0.4 is 15.1 Å². The first kappa shape index (κ1) is 27.3. The third-order valence-corrected chi connectivity index (χ3v) is 8.47. The second-order valence-corrected chi connectivity index (χ2v) is 11.9. The molecule has 0 saturated carbocycles. The van der Waals surface area contributed by atoms with Gasteiger partial charge in [-0.1, -0.05) is 43.6 Å². The number of nitrogens with zero attached hydrogens (tertiary/aromatic N) is 3. The van der Waals surface area contributed by atoms with Crippen LogP contribution in [0.4, 0.5) is 11.4 Å². The third-order valence-electron chi connectivity index (χ3n) is 7.85. The van der Waals surface area contributed by atoms with Crippen molar-refractivity contribution >= 4 is 46.3 Å². The van der Waals surface area contributed by atoms with E-state index in [1.165, 1.54) is 6.42 Å². The minimum Gasteiger partial charge on any atom is -0.478 e. The van der Waals surface area contributed by atoms with Gasteiger partial charge in [0.2, 0.25) is 0 Å². The Morgan fingerprint density at radius 2 is 1.80 bits per heavy atom. The summed E-state index contributed by atoms with van der Waals surface area (Å²) in [6.07, 6.45) is 3.00. The summed E-state index contributed by atoms with van der Waals surface area (Å²) in [5.74, 6) is 1.59. The van der Waals surface area contributed by atoms with Crippen molar-refractivity contribution in [3.63, 3.8) is 0 Å². The van der Waals surface area contributed by atoms with Crippen molar-refractivity contribution in [2.45, 2.75) is 32.4 Å². The smallest absolute Gasteiger partial charge is 0.335 e. The molecule has 2 aromatic carbocycles. The van der Waals surface area contributed by atoms with E-state index >= 15 is 0 Å². The Morgan fingerprint density at radius 1 is 1.05 bits per heavy atom. The molecule has 7 nitrogen and oxygen atoms in total. The summed E-state index contributed by atoms with van der Waals surface area (Å²) in [6.45, 7) is 6.56. The first-order valence-electron chi connectivity index (χ1n) is 13.8. The van der Waals surface area contributed by atoms with E-state index in [4.69, 9.17) is 28.2 Å². The van der Waals surface area contributed by atoms with E-state index in [2.05, 4.69) is 41.2 Å². The number of furan rings is 1. The maximum atomic E-state index is 11.3. The molecule has 6 rings (SSSR count). The SMILES string of the molecule is C[C@H]1C[C@H](C)CN(c2ccc(N3C(=S)N[C@@H](c4ccccn4)[C@@H]3c3ccc(-c4ccc(C(=O)O)cc4)o3)cc2Cl)C1. The Morgan fingerprint density at radius 3 is 2.46 bits per heavy atom. The number of carboxylic acid groups (broad SMARTS) is 1. The lowest BCUT2D eigenvalue weighted by molar-refractivity contribution is 0.0697. The molecule has 4 heterocycles. The number of carbonyl (C=O) groups is 1. The van der Waals surface area contributed by atoms with E-state index in [0.29, 0.717) is 33.5 Å². The van der Waals surface area contributed by atoms with Gasteiger partial charge in [-0.2, -0.15) is 0 Å². The van der Waals surface area contributed by atoms with Crippen LogP contribution >= 0.6 is 23.8 Å². The van der Waals surface area contributed by atoms with Crippen LogP contribution in [0.25, 0.3) is 11.3 Å². The lowest BCUT2D eigenvalue weighted by Gasteiger charge is -2.37. The second-order valence-electron chi connectivity index (χ2n) is 11.1. The molecule has 4 aromatic rings. The quantitative estimate of drug-likeness (QED) is 0.227. The number of aromatic carboxylic acids is 1. The summed E-state index contributed by atoms with van der Waals surface area (Å²) in [6, 6.07) is 21.8. The van der Waals surface area contributed by atoms with Crippen LogP contribution in [0.3, 0.4) is 0 Å². The Labute approximate surface area is 249 Å². The number of carboxylic acids is 1. The van der Waals surface area contributed by atoms with E-state index in [-0.39, 0.29) is 17.6 Å². The zero-order valence-electron chi connectivity index (χ0n) is 22.8. The normalized spacial score (nSPS) is 22.6. The summed E-state index contributed by atoms with van der Waals surface area (Å²) < 4.78 is 6.42. The number of aromatic nitrogens is 1. The molecular formula is C32H31ClN4O3S. The van der Waals surface area contributed by atoms with Gasteiger partial charge in [-0.25, -0.2) is 4.79 Å². The lowest BCUT2D eigenvalue weighted by Crippen LogP contribution is -2.38. The van der Waals surface area contributed by atoms with Crippen molar-refractivity contribution in [1.82, 2.24) is 10.3 Å². The molecule has 2 aliphatic rings. The summed E-state index contributed by atoms with van der Waals surface area (Å²) in [5, 5.41) is 14.0. The molecule has 2 saturated heterocycles. The number of hydrogen-bond acceptors (Lipinski definition) is 5. The fourth-order valence-electron chi connectivity index (χ4n) is 6.13. The standard InChI is InChI=1S/C32H31ClN4O3S/c1-19-15-20(2)18-36(17-19)26-11-10-23(16-24(26)33)37-30(29(35-32(37)41)25-5-3-4-14-34-25)28-13-12-27(40-28)21-6-8-22(9-7-21)31(38)39/h3-14,16,19-20,29-30H,15,17-18H2,1-2H3,(H,35,41)(H,38,39)/t19-,20-,29-,30-/m0/s1.